The molecule has 3 rings (SSSR count). The van der Waals surface area contributed by atoms with Crippen molar-refractivity contribution in [2.75, 3.05) is 13.2 Å². The Morgan fingerprint density at radius 1 is 1.17 bits per heavy atom. The third kappa shape index (κ3) is 4.81. The summed E-state index contributed by atoms with van der Waals surface area (Å²) in [6, 6.07) is 16.7. The fraction of sp³-hybridized carbons (Fsp3) is 0.400. The molecule has 122 valence electrons. The Balaban J connectivity index is 1.54. The van der Waals surface area contributed by atoms with E-state index < -0.39 is 0 Å². The van der Waals surface area contributed by atoms with Crippen LogP contribution in [0.15, 0.2) is 48.5 Å². The van der Waals surface area contributed by atoms with Gasteiger partial charge in [-0.3, -0.25) is 0 Å². The van der Waals surface area contributed by atoms with E-state index in [1.54, 1.807) is 0 Å². The van der Waals surface area contributed by atoms with Gasteiger partial charge in [-0.05, 0) is 31.4 Å². The van der Waals surface area contributed by atoms with E-state index in [0.717, 1.165) is 25.4 Å². The summed E-state index contributed by atoms with van der Waals surface area (Å²) in [4.78, 5) is 0. The maximum atomic E-state index is 6.03. The maximum Gasteiger partial charge on any atom is 0.124 e. The quantitative estimate of drug-likeness (QED) is 0.842. The number of ether oxygens (including phenoxy) is 2. The van der Waals surface area contributed by atoms with Crippen molar-refractivity contribution >= 4 is 0 Å². The van der Waals surface area contributed by atoms with Gasteiger partial charge >= 0.3 is 0 Å². The Morgan fingerprint density at radius 3 is 2.91 bits per heavy atom. The van der Waals surface area contributed by atoms with Crippen LogP contribution < -0.4 is 10.1 Å². The van der Waals surface area contributed by atoms with E-state index in [-0.39, 0.29) is 0 Å². The molecule has 0 aliphatic carbocycles. The SMILES string of the molecule is Cc1cccc(COc2ccccc2CNCC2CCCO2)c1. The van der Waals surface area contributed by atoms with E-state index >= 15 is 0 Å². The van der Waals surface area contributed by atoms with E-state index in [1.807, 2.05) is 12.1 Å². The molecule has 3 heteroatoms. The molecule has 0 spiro atoms. The first kappa shape index (κ1) is 16.0. The molecule has 2 aromatic rings. The summed E-state index contributed by atoms with van der Waals surface area (Å²) in [6.45, 7) is 5.33. The average Bonchev–Trinajstić information content (AvgIpc) is 3.07. The molecule has 1 heterocycles. The second-order valence-corrected chi connectivity index (χ2v) is 6.15. The minimum absolute atomic E-state index is 0.371. The zero-order chi connectivity index (χ0) is 15.9. The van der Waals surface area contributed by atoms with E-state index in [4.69, 9.17) is 9.47 Å². The minimum Gasteiger partial charge on any atom is -0.489 e. The van der Waals surface area contributed by atoms with Crippen LogP contribution in [-0.2, 0) is 17.9 Å². The Labute approximate surface area is 138 Å². The van der Waals surface area contributed by atoms with Crippen LogP contribution in [0.25, 0.3) is 0 Å². The Bertz CT molecular complexity index is 621. The van der Waals surface area contributed by atoms with Crippen molar-refractivity contribution in [3.63, 3.8) is 0 Å². The molecule has 1 aliphatic rings. The van der Waals surface area contributed by atoms with Gasteiger partial charge in [-0.15, -0.1) is 0 Å². The Hall–Kier alpha value is -1.84. The highest BCUT2D eigenvalue weighted by Gasteiger charge is 2.14. The van der Waals surface area contributed by atoms with Crippen LogP contribution in [0.3, 0.4) is 0 Å². The lowest BCUT2D eigenvalue weighted by Crippen LogP contribution is -2.25. The second-order valence-electron chi connectivity index (χ2n) is 6.15. The van der Waals surface area contributed by atoms with Gasteiger partial charge in [0.05, 0.1) is 6.10 Å². The first-order chi connectivity index (χ1) is 11.3. The molecule has 23 heavy (non-hydrogen) atoms. The molecule has 1 saturated heterocycles. The van der Waals surface area contributed by atoms with Crippen molar-refractivity contribution in [2.24, 2.45) is 0 Å². The largest absolute Gasteiger partial charge is 0.489 e. The van der Waals surface area contributed by atoms with Crippen LogP contribution in [-0.4, -0.2) is 19.3 Å². The molecule has 0 amide bonds. The molecule has 1 unspecified atom stereocenters. The van der Waals surface area contributed by atoms with Crippen molar-refractivity contribution in [1.29, 1.82) is 0 Å². The van der Waals surface area contributed by atoms with Crippen LogP contribution in [0.2, 0.25) is 0 Å². The van der Waals surface area contributed by atoms with Crippen molar-refractivity contribution in [3.05, 3.63) is 65.2 Å². The summed E-state index contributed by atoms with van der Waals surface area (Å²) in [7, 11) is 0. The van der Waals surface area contributed by atoms with Crippen LogP contribution >= 0.6 is 0 Å². The summed E-state index contributed by atoms with van der Waals surface area (Å²) < 4.78 is 11.7. The van der Waals surface area contributed by atoms with Crippen LogP contribution in [0.4, 0.5) is 0 Å². The monoisotopic (exact) mass is 311 g/mol. The Morgan fingerprint density at radius 2 is 2.09 bits per heavy atom. The number of benzene rings is 2. The summed E-state index contributed by atoms with van der Waals surface area (Å²) in [5.74, 6) is 0.953. The molecule has 1 N–H and O–H groups in total. The van der Waals surface area contributed by atoms with Gasteiger partial charge in [-0.1, -0.05) is 48.0 Å². The fourth-order valence-electron chi connectivity index (χ4n) is 2.93. The van der Waals surface area contributed by atoms with Crippen LogP contribution in [0, 0.1) is 6.92 Å². The molecule has 1 atom stereocenters. The second kappa shape index (κ2) is 8.14. The smallest absolute Gasteiger partial charge is 0.124 e. The molecule has 1 fully saturated rings. The standard InChI is InChI=1S/C20H25NO2/c1-16-6-4-7-17(12-16)15-23-20-10-3-2-8-18(20)13-21-14-19-9-5-11-22-19/h2-4,6-8,10,12,19,21H,5,9,11,13-15H2,1H3. The molecule has 3 nitrogen and oxygen atoms in total. The molecular weight excluding hydrogens is 286 g/mol. The highest BCUT2D eigenvalue weighted by atomic mass is 16.5. The first-order valence-electron chi connectivity index (χ1n) is 8.40. The molecule has 0 radical (unpaired) electrons. The number of hydrogen-bond donors (Lipinski definition) is 1. The van der Waals surface area contributed by atoms with E-state index in [2.05, 4.69) is 48.6 Å². The van der Waals surface area contributed by atoms with Crippen molar-refractivity contribution in [3.8, 4) is 5.75 Å². The van der Waals surface area contributed by atoms with Crippen molar-refractivity contribution in [2.45, 2.75) is 39.0 Å². The molecule has 2 aromatic carbocycles. The predicted octanol–water partition coefficient (Wildman–Crippen LogP) is 3.84. The lowest BCUT2D eigenvalue weighted by molar-refractivity contribution is 0.110. The lowest BCUT2D eigenvalue weighted by atomic mass is 10.1. The van der Waals surface area contributed by atoms with Gasteiger partial charge in [0, 0.05) is 25.3 Å². The van der Waals surface area contributed by atoms with Gasteiger partial charge in [0.2, 0.25) is 0 Å². The maximum absolute atomic E-state index is 6.03. The third-order valence-corrected chi connectivity index (χ3v) is 4.16. The van der Waals surface area contributed by atoms with Crippen LogP contribution in [0.1, 0.15) is 29.5 Å². The highest BCUT2D eigenvalue weighted by molar-refractivity contribution is 5.33. The molecule has 0 saturated carbocycles. The average molecular weight is 311 g/mol. The highest BCUT2D eigenvalue weighted by Crippen LogP contribution is 2.20. The van der Waals surface area contributed by atoms with E-state index in [9.17, 15) is 0 Å². The van der Waals surface area contributed by atoms with Gasteiger partial charge in [-0.2, -0.15) is 0 Å². The number of para-hydroxylation sites is 1. The number of hydrogen-bond acceptors (Lipinski definition) is 3. The topological polar surface area (TPSA) is 30.5 Å². The van der Waals surface area contributed by atoms with Gasteiger partial charge in [0.15, 0.2) is 0 Å². The zero-order valence-electron chi connectivity index (χ0n) is 13.8. The van der Waals surface area contributed by atoms with E-state index in [1.165, 1.54) is 29.5 Å². The van der Waals surface area contributed by atoms with Gasteiger partial charge in [-0.25, -0.2) is 0 Å². The molecular formula is C20H25NO2. The molecule has 0 bridgehead atoms. The predicted molar refractivity (Wildman–Crippen MR) is 92.6 cm³/mol. The molecule has 1 aliphatic heterocycles. The van der Waals surface area contributed by atoms with Crippen molar-refractivity contribution in [1.82, 2.24) is 5.32 Å². The Kier molecular flexibility index (Phi) is 5.67. The van der Waals surface area contributed by atoms with Crippen molar-refractivity contribution < 1.29 is 9.47 Å². The summed E-state index contributed by atoms with van der Waals surface area (Å²) in [5.41, 5.74) is 3.66. The van der Waals surface area contributed by atoms with E-state index in [0.29, 0.717) is 12.7 Å². The van der Waals surface area contributed by atoms with Gasteiger partial charge in [0.25, 0.3) is 0 Å². The van der Waals surface area contributed by atoms with Gasteiger partial charge in [0.1, 0.15) is 12.4 Å². The summed E-state index contributed by atoms with van der Waals surface area (Å²) in [6.07, 6.45) is 2.72. The third-order valence-electron chi connectivity index (χ3n) is 4.16. The summed E-state index contributed by atoms with van der Waals surface area (Å²) >= 11 is 0. The lowest BCUT2D eigenvalue weighted by Gasteiger charge is -2.14. The number of rotatable bonds is 7. The fourth-order valence-corrected chi connectivity index (χ4v) is 2.93. The zero-order valence-corrected chi connectivity index (χ0v) is 13.8. The molecule has 0 aromatic heterocycles. The van der Waals surface area contributed by atoms with Crippen LogP contribution in [0.5, 0.6) is 5.75 Å². The normalized spacial score (nSPS) is 17.3. The summed E-state index contributed by atoms with van der Waals surface area (Å²) in [5, 5.41) is 3.49. The first-order valence-corrected chi connectivity index (χ1v) is 8.40. The number of nitrogens with one attached hydrogen (secondary N) is 1. The minimum atomic E-state index is 0.371. The number of aryl methyl sites for hydroxylation is 1. The van der Waals surface area contributed by atoms with Gasteiger partial charge < -0.3 is 14.8 Å².